The van der Waals surface area contributed by atoms with Crippen LogP contribution in [-0.4, -0.2) is 31.2 Å². The molecule has 0 aliphatic rings. The van der Waals surface area contributed by atoms with Crippen molar-refractivity contribution in [2.75, 3.05) is 18.5 Å². The van der Waals surface area contributed by atoms with E-state index in [0.717, 1.165) is 11.8 Å². The van der Waals surface area contributed by atoms with Gasteiger partial charge in [-0.05, 0) is 36.2 Å². The van der Waals surface area contributed by atoms with Crippen LogP contribution < -0.4 is 10.6 Å². The molecule has 0 aliphatic carbocycles. The first kappa shape index (κ1) is 18.5. The lowest BCUT2D eigenvalue weighted by Crippen LogP contribution is -2.29. The van der Waals surface area contributed by atoms with Crippen molar-refractivity contribution in [1.82, 2.24) is 5.32 Å². The molecule has 25 heavy (non-hydrogen) atoms. The van der Waals surface area contributed by atoms with Crippen molar-refractivity contribution >= 4 is 35.3 Å². The second kappa shape index (κ2) is 10.1. The molecule has 0 aliphatic heterocycles. The standard InChI is InChI=1S/C18H18ClN3O3/c19-15-8-6-14(7-9-15)10-11-20-18(24)13-25-21-12-17(23)22-16-4-2-1-3-5-16/h1-9,12H,10-11,13H2,(H,20,24)(H,22,23). The van der Waals surface area contributed by atoms with Gasteiger partial charge in [-0.2, -0.15) is 0 Å². The molecule has 0 atom stereocenters. The van der Waals surface area contributed by atoms with Crippen LogP contribution in [0.1, 0.15) is 5.56 Å². The lowest BCUT2D eigenvalue weighted by molar-refractivity contribution is -0.125. The number of hydrogen-bond acceptors (Lipinski definition) is 4. The van der Waals surface area contributed by atoms with Crippen LogP contribution in [0.2, 0.25) is 5.02 Å². The largest absolute Gasteiger partial charge is 0.386 e. The summed E-state index contributed by atoms with van der Waals surface area (Å²) in [5.41, 5.74) is 1.72. The van der Waals surface area contributed by atoms with Gasteiger partial charge >= 0.3 is 0 Å². The highest BCUT2D eigenvalue weighted by Crippen LogP contribution is 2.09. The Morgan fingerprint density at radius 3 is 2.52 bits per heavy atom. The van der Waals surface area contributed by atoms with Crippen molar-refractivity contribution in [3.63, 3.8) is 0 Å². The van der Waals surface area contributed by atoms with Gasteiger partial charge in [0, 0.05) is 17.3 Å². The van der Waals surface area contributed by atoms with Crippen molar-refractivity contribution in [2.45, 2.75) is 6.42 Å². The molecule has 2 N–H and O–H groups in total. The van der Waals surface area contributed by atoms with E-state index in [0.29, 0.717) is 23.7 Å². The molecule has 0 bridgehead atoms. The zero-order chi connectivity index (χ0) is 17.9. The number of anilines is 1. The monoisotopic (exact) mass is 359 g/mol. The van der Waals surface area contributed by atoms with Gasteiger partial charge in [0.1, 0.15) is 6.21 Å². The number of rotatable bonds is 8. The lowest BCUT2D eigenvalue weighted by atomic mass is 10.1. The predicted octanol–water partition coefficient (Wildman–Crippen LogP) is 2.64. The minimum absolute atomic E-state index is 0.254. The van der Waals surface area contributed by atoms with Crippen molar-refractivity contribution in [2.24, 2.45) is 5.16 Å². The number of amides is 2. The quantitative estimate of drug-likeness (QED) is 0.561. The number of nitrogens with zero attached hydrogens (tertiary/aromatic N) is 1. The summed E-state index contributed by atoms with van der Waals surface area (Å²) in [6.07, 6.45) is 1.67. The maximum Gasteiger partial charge on any atom is 0.270 e. The van der Waals surface area contributed by atoms with Crippen molar-refractivity contribution in [1.29, 1.82) is 0 Å². The van der Waals surface area contributed by atoms with Crippen LogP contribution in [-0.2, 0) is 20.8 Å². The number of carbonyl (C=O) groups is 2. The zero-order valence-corrected chi connectivity index (χ0v) is 14.2. The molecule has 2 aromatic carbocycles. The van der Waals surface area contributed by atoms with Crippen molar-refractivity contribution in [3.8, 4) is 0 Å². The molecule has 0 saturated heterocycles. The van der Waals surface area contributed by atoms with E-state index in [4.69, 9.17) is 16.4 Å². The number of oxime groups is 1. The zero-order valence-electron chi connectivity index (χ0n) is 13.4. The van der Waals surface area contributed by atoms with Gasteiger partial charge in [-0.3, -0.25) is 9.59 Å². The predicted molar refractivity (Wildman–Crippen MR) is 97.7 cm³/mol. The molecule has 130 valence electrons. The molecule has 0 saturated carbocycles. The van der Waals surface area contributed by atoms with Gasteiger partial charge in [-0.15, -0.1) is 0 Å². The highest BCUT2D eigenvalue weighted by molar-refractivity contribution is 6.31. The first-order chi connectivity index (χ1) is 12.1. The third kappa shape index (κ3) is 7.50. The van der Waals surface area contributed by atoms with Gasteiger partial charge in [0.2, 0.25) is 0 Å². The first-order valence-electron chi connectivity index (χ1n) is 7.66. The molecule has 0 aromatic heterocycles. The van der Waals surface area contributed by atoms with E-state index in [2.05, 4.69) is 15.8 Å². The van der Waals surface area contributed by atoms with Gasteiger partial charge in [0.05, 0.1) is 0 Å². The van der Waals surface area contributed by atoms with Crippen LogP contribution in [0, 0.1) is 0 Å². The maximum absolute atomic E-state index is 11.6. The van der Waals surface area contributed by atoms with Gasteiger partial charge < -0.3 is 15.5 Å². The van der Waals surface area contributed by atoms with E-state index < -0.39 is 5.91 Å². The average molecular weight is 360 g/mol. The second-order valence-corrected chi connectivity index (χ2v) is 5.53. The summed E-state index contributed by atoms with van der Waals surface area (Å²) in [4.78, 5) is 28.0. The van der Waals surface area contributed by atoms with Crippen LogP contribution in [0.15, 0.2) is 59.8 Å². The third-order valence-corrected chi connectivity index (χ3v) is 3.38. The Morgan fingerprint density at radius 1 is 1.08 bits per heavy atom. The molecule has 2 rings (SSSR count). The van der Waals surface area contributed by atoms with Crippen LogP contribution in [0.5, 0.6) is 0 Å². The number of halogens is 1. The van der Waals surface area contributed by atoms with Crippen molar-refractivity contribution < 1.29 is 14.4 Å². The summed E-state index contributed by atoms with van der Waals surface area (Å²) in [6, 6.07) is 16.4. The van der Waals surface area contributed by atoms with Gasteiger partial charge in [-0.1, -0.05) is 47.1 Å². The summed E-state index contributed by atoms with van der Waals surface area (Å²) in [7, 11) is 0. The molecule has 0 unspecified atom stereocenters. The number of para-hydroxylation sites is 1. The van der Waals surface area contributed by atoms with E-state index in [1.807, 2.05) is 18.2 Å². The summed E-state index contributed by atoms with van der Waals surface area (Å²) >= 11 is 5.81. The smallest absolute Gasteiger partial charge is 0.270 e. The average Bonchev–Trinajstić information content (AvgIpc) is 2.61. The molecule has 7 heteroatoms. The summed E-state index contributed by atoms with van der Waals surface area (Å²) in [5, 5.41) is 9.46. The topological polar surface area (TPSA) is 79.8 Å². The molecular weight excluding hydrogens is 342 g/mol. The summed E-state index contributed by atoms with van der Waals surface area (Å²) in [6.45, 7) is 0.220. The number of nitrogens with one attached hydrogen (secondary N) is 2. The molecule has 6 nitrogen and oxygen atoms in total. The molecule has 0 spiro atoms. The normalized spacial score (nSPS) is 10.4. The Kier molecular flexibility index (Phi) is 7.46. The van der Waals surface area contributed by atoms with E-state index in [-0.39, 0.29) is 12.5 Å². The fraction of sp³-hybridized carbons (Fsp3) is 0.167. The van der Waals surface area contributed by atoms with E-state index in [1.165, 1.54) is 0 Å². The fourth-order valence-electron chi connectivity index (χ4n) is 1.93. The number of benzene rings is 2. The Balaban J connectivity index is 1.59. The second-order valence-electron chi connectivity index (χ2n) is 5.09. The SMILES string of the molecule is O=C(C=NOCC(=O)NCCc1ccc(Cl)cc1)Nc1ccccc1. The first-order valence-corrected chi connectivity index (χ1v) is 8.04. The fourth-order valence-corrected chi connectivity index (χ4v) is 2.05. The third-order valence-electron chi connectivity index (χ3n) is 3.13. The van der Waals surface area contributed by atoms with Gasteiger partial charge in [0.15, 0.2) is 6.61 Å². The Hall–Kier alpha value is -2.86. The highest BCUT2D eigenvalue weighted by atomic mass is 35.5. The van der Waals surface area contributed by atoms with Crippen LogP contribution in [0.4, 0.5) is 5.69 Å². The Morgan fingerprint density at radius 2 is 1.80 bits per heavy atom. The lowest BCUT2D eigenvalue weighted by Gasteiger charge is -2.05. The van der Waals surface area contributed by atoms with Crippen LogP contribution in [0.25, 0.3) is 0 Å². The molecule has 0 radical (unpaired) electrons. The minimum atomic E-state index is -0.436. The van der Waals surface area contributed by atoms with Gasteiger partial charge in [-0.25, -0.2) is 0 Å². The maximum atomic E-state index is 11.6. The minimum Gasteiger partial charge on any atom is -0.386 e. The molecular formula is C18H18ClN3O3. The summed E-state index contributed by atoms with van der Waals surface area (Å²) < 4.78 is 0. The molecule has 2 aromatic rings. The molecule has 0 fully saturated rings. The summed E-state index contributed by atoms with van der Waals surface area (Å²) in [5.74, 6) is -0.746. The van der Waals surface area contributed by atoms with E-state index in [9.17, 15) is 9.59 Å². The van der Waals surface area contributed by atoms with E-state index >= 15 is 0 Å². The van der Waals surface area contributed by atoms with Crippen LogP contribution >= 0.6 is 11.6 Å². The van der Waals surface area contributed by atoms with Gasteiger partial charge in [0.25, 0.3) is 11.8 Å². The Bertz CT molecular complexity index is 718. The number of carbonyl (C=O) groups excluding carboxylic acids is 2. The molecule has 2 amide bonds. The van der Waals surface area contributed by atoms with Crippen molar-refractivity contribution in [3.05, 3.63) is 65.2 Å². The van der Waals surface area contributed by atoms with Crippen LogP contribution in [0.3, 0.4) is 0 Å². The van der Waals surface area contributed by atoms with E-state index in [1.54, 1.807) is 36.4 Å². The number of hydrogen-bond donors (Lipinski definition) is 2. The molecule has 0 heterocycles. The Labute approximate surface area is 150 Å². The highest BCUT2D eigenvalue weighted by Gasteiger charge is 2.02.